The Bertz CT molecular complexity index is 673. The van der Waals surface area contributed by atoms with Crippen LogP contribution >= 0.6 is 11.8 Å². The van der Waals surface area contributed by atoms with E-state index in [9.17, 15) is 9.18 Å². The van der Waals surface area contributed by atoms with Crippen LogP contribution in [0.2, 0.25) is 0 Å². The number of carbonyl (C=O) groups is 1. The van der Waals surface area contributed by atoms with Crippen LogP contribution in [0.15, 0.2) is 47.4 Å². The number of methoxy groups -OCH3 is 1. The van der Waals surface area contributed by atoms with Gasteiger partial charge in [-0.25, -0.2) is 4.39 Å². The number of hydrogen-bond acceptors (Lipinski definition) is 4. The van der Waals surface area contributed by atoms with Gasteiger partial charge in [-0.15, -0.1) is 11.8 Å². The molecule has 23 heavy (non-hydrogen) atoms. The van der Waals surface area contributed by atoms with Gasteiger partial charge in [-0.05, 0) is 36.8 Å². The lowest BCUT2D eigenvalue weighted by Crippen LogP contribution is -2.04. The molecule has 0 spiro atoms. The third kappa shape index (κ3) is 4.73. The molecule has 0 aliphatic rings. The van der Waals surface area contributed by atoms with E-state index in [1.807, 2.05) is 12.1 Å². The van der Waals surface area contributed by atoms with Crippen molar-refractivity contribution >= 4 is 17.7 Å². The second-order valence-electron chi connectivity index (χ2n) is 4.75. The Morgan fingerprint density at radius 3 is 2.65 bits per heavy atom. The van der Waals surface area contributed by atoms with E-state index in [0.717, 1.165) is 10.5 Å². The minimum atomic E-state index is -0.273. The van der Waals surface area contributed by atoms with Gasteiger partial charge in [0.25, 0.3) is 0 Å². The van der Waals surface area contributed by atoms with Gasteiger partial charge in [0.1, 0.15) is 11.6 Å². The summed E-state index contributed by atoms with van der Waals surface area (Å²) < 4.78 is 24.2. The average Bonchev–Trinajstić information content (AvgIpc) is 2.56. The molecule has 0 aromatic heterocycles. The van der Waals surface area contributed by atoms with Crippen molar-refractivity contribution in [2.24, 2.45) is 0 Å². The van der Waals surface area contributed by atoms with E-state index in [0.29, 0.717) is 30.1 Å². The number of benzene rings is 2. The van der Waals surface area contributed by atoms with Crippen molar-refractivity contribution in [1.29, 1.82) is 0 Å². The zero-order valence-corrected chi connectivity index (χ0v) is 14.0. The second-order valence-corrected chi connectivity index (χ2v) is 5.88. The Morgan fingerprint density at radius 2 is 1.96 bits per heavy atom. The van der Waals surface area contributed by atoms with Crippen molar-refractivity contribution in [2.45, 2.75) is 18.2 Å². The molecule has 3 nitrogen and oxygen atoms in total. The Morgan fingerprint density at radius 1 is 1.17 bits per heavy atom. The number of halogens is 1. The highest BCUT2D eigenvalue weighted by Crippen LogP contribution is 2.35. The molecule has 0 amide bonds. The molecule has 0 unspecified atom stereocenters. The van der Waals surface area contributed by atoms with Crippen molar-refractivity contribution in [3.05, 3.63) is 48.3 Å². The van der Waals surface area contributed by atoms with Crippen LogP contribution in [-0.4, -0.2) is 25.4 Å². The van der Waals surface area contributed by atoms with Crippen LogP contribution in [0.1, 0.15) is 13.3 Å². The molecule has 0 saturated heterocycles. The average molecular weight is 334 g/mol. The summed E-state index contributed by atoms with van der Waals surface area (Å²) in [7, 11) is 1.59. The molecule has 0 aliphatic heterocycles. The molecule has 0 radical (unpaired) electrons. The number of hydrogen-bond donors (Lipinski definition) is 0. The summed E-state index contributed by atoms with van der Waals surface area (Å²) in [6, 6.07) is 12.1. The van der Waals surface area contributed by atoms with E-state index in [2.05, 4.69) is 0 Å². The summed E-state index contributed by atoms with van der Waals surface area (Å²) in [6.45, 7) is 2.16. The summed E-state index contributed by atoms with van der Waals surface area (Å²) in [4.78, 5) is 12.3. The smallest absolute Gasteiger partial charge is 0.306 e. The molecule has 0 saturated carbocycles. The molecular formula is C18H19FO3S. The summed E-state index contributed by atoms with van der Waals surface area (Å²) in [6.07, 6.45) is 0.312. The maximum atomic E-state index is 14.1. The zero-order valence-electron chi connectivity index (χ0n) is 13.2. The molecule has 0 bridgehead atoms. The quantitative estimate of drug-likeness (QED) is 0.550. The number of rotatable bonds is 7. The normalized spacial score (nSPS) is 10.4. The van der Waals surface area contributed by atoms with Crippen LogP contribution in [0.3, 0.4) is 0 Å². The first-order valence-electron chi connectivity index (χ1n) is 7.37. The minimum absolute atomic E-state index is 0.227. The van der Waals surface area contributed by atoms with Gasteiger partial charge >= 0.3 is 5.97 Å². The van der Waals surface area contributed by atoms with Crippen molar-refractivity contribution in [3.8, 4) is 16.9 Å². The largest absolute Gasteiger partial charge is 0.497 e. The molecular weight excluding hydrogens is 315 g/mol. The van der Waals surface area contributed by atoms with Crippen molar-refractivity contribution in [1.82, 2.24) is 0 Å². The van der Waals surface area contributed by atoms with Gasteiger partial charge in [0.2, 0.25) is 0 Å². The van der Waals surface area contributed by atoms with E-state index >= 15 is 0 Å². The van der Waals surface area contributed by atoms with E-state index in [1.54, 1.807) is 38.3 Å². The standard InChI is InChI=1S/C18H19FO3S/c1-3-22-18(20)10-11-23-17-12-13(21-2)8-9-15(17)14-6-4-5-7-16(14)19/h4-9,12H,3,10-11H2,1-2H3. The Hall–Kier alpha value is -2.01. The molecule has 2 aromatic rings. The molecule has 2 aromatic carbocycles. The molecule has 0 heterocycles. The van der Waals surface area contributed by atoms with Crippen LogP contribution in [0.4, 0.5) is 4.39 Å². The fourth-order valence-corrected chi connectivity index (χ4v) is 3.15. The lowest BCUT2D eigenvalue weighted by molar-refractivity contribution is -0.142. The summed E-state index contributed by atoms with van der Waals surface area (Å²) in [5.41, 5.74) is 1.33. The van der Waals surface area contributed by atoms with E-state index in [1.165, 1.54) is 17.8 Å². The lowest BCUT2D eigenvalue weighted by Gasteiger charge is -2.12. The highest BCUT2D eigenvalue weighted by atomic mass is 32.2. The highest BCUT2D eigenvalue weighted by molar-refractivity contribution is 7.99. The van der Waals surface area contributed by atoms with E-state index in [-0.39, 0.29) is 11.8 Å². The van der Waals surface area contributed by atoms with Gasteiger partial charge in [-0.1, -0.05) is 18.2 Å². The predicted molar refractivity (Wildman–Crippen MR) is 90.4 cm³/mol. The molecule has 122 valence electrons. The number of esters is 1. The topological polar surface area (TPSA) is 35.5 Å². The molecule has 5 heteroatoms. The van der Waals surface area contributed by atoms with E-state index < -0.39 is 0 Å². The Balaban J connectivity index is 2.22. The van der Waals surface area contributed by atoms with Gasteiger partial charge in [-0.2, -0.15) is 0 Å². The SMILES string of the molecule is CCOC(=O)CCSc1cc(OC)ccc1-c1ccccc1F. The van der Waals surface area contributed by atoms with Crippen LogP contribution < -0.4 is 4.74 Å². The van der Waals surface area contributed by atoms with E-state index in [4.69, 9.17) is 9.47 Å². The molecule has 2 rings (SSSR count). The summed E-state index contributed by atoms with van der Waals surface area (Å²) >= 11 is 1.49. The summed E-state index contributed by atoms with van der Waals surface area (Å²) in [5.74, 6) is 0.761. The van der Waals surface area contributed by atoms with Gasteiger partial charge in [-0.3, -0.25) is 4.79 Å². The molecule has 0 aliphatic carbocycles. The third-order valence-electron chi connectivity index (χ3n) is 3.22. The number of carbonyl (C=O) groups excluding carboxylic acids is 1. The fraction of sp³-hybridized carbons (Fsp3) is 0.278. The van der Waals surface area contributed by atoms with Gasteiger partial charge in [0, 0.05) is 16.2 Å². The van der Waals surface area contributed by atoms with Gasteiger partial charge in [0.05, 0.1) is 20.1 Å². The number of ether oxygens (including phenoxy) is 2. The van der Waals surface area contributed by atoms with Gasteiger partial charge < -0.3 is 9.47 Å². The Labute approximate surface area is 139 Å². The van der Waals surface area contributed by atoms with Crippen LogP contribution in [-0.2, 0) is 9.53 Å². The first-order chi connectivity index (χ1) is 11.2. The first kappa shape index (κ1) is 17.3. The van der Waals surface area contributed by atoms with Crippen molar-refractivity contribution < 1.29 is 18.7 Å². The highest BCUT2D eigenvalue weighted by Gasteiger charge is 2.12. The second kappa shape index (κ2) is 8.58. The fourth-order valence-electron chi connectivity index (χ4n) is 2.13. The van der Waals surface area contributed by atoms with Crippen LogP contribution in [0.5, 0.6) is 5.75 Å². The maximum absolute atomic E-state index is 14.1. The maximum Gasteiger partial charge on any atom is 0.306 e. The van der Waals surface area contributed by atoms with Crippen LogP contribution in [0.25, 0.3) is 11.1 Å². The zero-order chi connectivity index (χ0) is 16.7. The first-order valence-corrected chi connectivity index (χ1v) is 8.35. The molecule has 0 fully saturated rings. The third-order valence-corrected chi connectivity index (χ3v) is 4.28. The van der Waals surface area contributed by atoms with Gasteiger partial charge in [0.15, 0.2) is 0 Å². The minimum Gasteiger partial charge on any atom is -0.497 e. The number of thioether (sulfide) groups is 1. The monoisotopic (exact) mass is 334 g/mol. The molecule has 0 N–H and O–H groups in total. The lowest BCUT2D eigenvalue weighted by atomic mass is 10.1. The Kier molecular flexibility index (Phi) is 6.47. The predicted octanol–water partition coefficient (Wildman–Crippen LogP) is 4.55. The molecule has 0 atom stereocenters. The van der Waals surface area contributed by atoms with Crippen molar-refractivity contribution in [3.63, 3.8) is 0 Å². The summed E-state index contributed by atoms with van der Waals surface area (Å²) in [5, 5.41) is 0. The van der Waals surface area contributed by atoms with Crippen LogP contribution in [0, 0.1) is 5.82 Å². The van der Waals surface area contributed by atoms with Crippen molar-refractivity contribution in [2.75, 3.05) is 19.5 Å².